The number of rotatable bonds is 10. The first-order valence-electron chi connectivity index (χ1n) is 11.9. The Morgan fingerprint density at radius 2 is 1.80 bits per heavy atom. The molecule has 0 aliphatic carbocycles. The summed E-state index contributed by atoms with van der Waals surface area (Å²) in [6, 6.07) is 11.8. The Bertz CT molecular complexity index is 1210. The van der Waals surface area contributed by atoms with Crippen LogP contribution in [0.4, 0.5) is 0 Å². The monoisotopic (exact) mass is 472 g/mol. The van der Waals surface area contributed by atoms with Gasteiger partial charge >= 0.3 is 0 Å². The van der Waals surface area contributed by atoms with Crippen LogP contribution in [-0.4, -0.2) is 41.2 Å². The molecule has 0 fully saturated rings. The Balaban J connectivity index is 1.74. The van der Waals surface area contributed by atoms with E-state index in [9.17, 15) is 4.79 Å². The molecule has 8 nitrogen and oxygen atoms in total. The van der Waals surface area contributed by atoms with Crippen LogP contribution in [0.25, 0.3) is 16.9 Å². The molecule has 4 aromatic rings. The van der Waals surface area contributed by atoms with E-state index in [4.69, 9.17) is 9.82 Å². The molecule has 1 atom stereocenters. The fourth-order valence-corrected chi connectivity index (χ4v) is 4.07. The lowest BCUT2D eigenvalue weighted by Crippen LogP contribution is -2.38. The van der Waals surface area contributed by atoms with Crippen molar-refractivity contribution in [2.24, 2.45) is 0 Å². The summed E-state index contributed by atoms with van der Waals surface area (Å²) in [5.74, 6) is 0.786. The van der Waals surface area contributed by atoms with Gasteiger partial charge in [-0.15, -0.1) is 0 Å². The second kappa shape index (κ2) is 10.7. The van der Waals surface area contributed by atoms with Crippen LogP contribution in [0.3, 0.4) is 0 Å². The average molecular weight is 473 g/mol. The Labute approximate surface area is 206 Å². The summed E-state index contributed by atoms with van der Waals surface area (Å²) in [6.45, 7) is 8.69. The predicted molar refractivity (Wildman–Crippen MR) is 134 cm³/mol. The first-order valence-corrected chi connectivity index (χ1v) is 11.9. The van der Waals surface area contributed by atoms with Crippen molar-refractivity contribution in [2.75, 3.05) is 0 Å². The SMILES string of the molecule is CCCn1c(-c2ccc(-n3ccnc3)cc2)cnc1C(Cc1ccncc1)N(C=O)OC(C)(C)C. The third kappa shape index (κ3) is 5.84. The second-order valence-corrected chi connectivity index (χ2v) is 9.41. The fraction of sp³-hybridized carbons (Fsp3) is 0.333. The molecule has 0 spiro atoms. The van der Waals surface area contributed by atoms with Gasteiger partial charge in [-0.05, 0) is 62.6 Å². The summed E-state index contributed by atoms with van der Waals surface area (Å²) in [6.07, 6.45) is 13.1. The van der Waals surface area contributed by atoms with Gasteiger partial charge in [0.15, 0.2) is 0 Å². The maximum atomic E-state index is 12.2. The standard InChI is InChI=1S/C27H32N6O2/c1-5-15-32-25(22-6-8-23(9-7-22)31-16-14-29-19-31)18-30-26(32)24(17-21-10-12-28-13-11-21)33(20-34)35-27(2,3)4/h6-14,16,18-20,24H,5,15,17H2,1-4H3. The maximum absolute atomic E-state index is 12.2. The molecule has 182 valence electrons. The summed E-state index contributed by atoms with van der Waals surface area (Å²) < 4.78 is 4.16. The number of carbonyl (C=O) groups excluding carboxylic acids is 1. The molecule has 0 bridgehead atoms. The summed E-state index contributed by atoms with van der Waals surface area (Å²) in [4.78, 5) is 31.4. The zero-order valence-electron chi connectivity index (χ0n) is 20.7. The Hall–Kier alpha value is -3.78. The highest BCUT2D eigenvalue weighted by Crippen LogP contribution is 2.31. The highest BCUT2D eigenvalue weighted by Gasteiger charge is 2.30. The molecule has 1 aromatic carbocycles. The van der Waals surface area contributed by atoms with E-state index in [-0.39, 0.29) is 0 Å². The van der Waals surface area contributed by atoms with Gasteiger partial charge in [0.25, 0.3) is 0 Å². The van der Waals surface area contributed by atoms with Crippen molar-refractivity contribution in [1.29, 1.82) is 0 Å². The average Bonchev–Trinajstić information content (AvgIpc) is 3.52. The van der Waals surface area contributed by atoms with Crippen LogP contribution in [0, 0.1) is 0 Å². The molecule has 0 aliphatic heterocycles. The number of nitrogens with zero attached hydrogens (tertiary/aromatic N) is 6. The number of hydroxylamine groups is 2. The van der Waals surface area contributed by atoms with E-state index in [1.165, 1.54) is 5.06 Å². The van der Waals surface area contributed by atoms with E-state index in [2.05, 4.69) is 45.7 Å². The summed E-state index contributed by atoms with van der Waals surface area (Å²) in [5.41, 5.74) is 3.60. The fourth-order valence-electron chi connectivity index (χ4n) is 4.07. The normalized spacial score (nSPS) is 12.5. The number of benzene rings is 1. The first-order chi connectivity index (χ1) is 16.9. The topological polar surface area (TPSA) is 78.1 Å². The lowest BCUT2D eigenvalue weighted by Gasteiger charge is -2.33. The van der Waals surface area contributed by atoms with Crippen molar-refractivity contribution in [1.82, 2.24) is 29.1 Å². The molecule has 3 aromatic heterocycles. The number of amides is 1. The summed E-state index contributed by atoms with van der Waals surface area (Å²) in [7, 11) is 0. The van der Waals surface area contributed by atoms with Crippen LogP contribution in [0.2, 0.25) is 0 Å². The third-order valence-corrected chi connectivity index (χ3v) is 5.57. The molecule has 35 heavy (non-hydrogen) atoms. The van der Waals surface area contributed by atoms with Gasteiger partial charge in [0.1, 0.15) is 11.9 Å². The number of imidazole rings is 2. The van der Waals surface area contributed by atoms with E-state index < -0.39 is 11.6 Å². The Morgan fingerprint density at radius 3 is 2.40 bits per heavy atom. The summed E-state index contributed by atoms with van der Waals surface area (Å²) in [5, 5.41) is 1.40. The zero-order chi connectivity index (χ0) is 24.8. The quantitative estimate of drug-likeness (QED) is 0.239. The van der Waals surface area contributed by atoms with Crippen LogP contribution < -0.4 is 0 Å². The molecule has 0 aliphatic rings. The number of hydrogen-bond acceptors (Lipinski definition) is 5. The Morgan fingerprint density at radius 1 is 1.06 bits per heavy atom. The zero-order valence-corrected chi connectivity index (χ0v) is 20.7. The number of aromatic nitrogens is 5. The van der Waals surface area contributed by atoms with Crippen molar-refractivity contribution in [3.8, 4) is 16.9 Å². The van der Waals surface area contributed by atoms with Gasteiger partial charge in [-0.2, -0.15) is 0 Å². The second-order valence-electron chi connectivity index (χ2n) is 9.41. The van der Waals surface area contributed by atoms with Crippen LogP contribution in [0.5, 0.6) is 0 Å². The van der Waals surface area contributed by atoms with Crippen LogP contribution in [0.15, 0.2) is 73.7 Å². The molecular formula is C27H32N6O2. The minimum absolute atomic E-state index is 0.403. The molecule has 0 saturated heterocycles. The van der Waals surface area contributed by atoms with Gasteiger partial charge < -0.3 is 9.13 Å². The van der Waals surface area contributed by atoms with Crippen molar-refractivity contribution in [2.45, 2.75) is 58.7 Å². The lowest BCUT2D eigenvalue weighted by molar-refractivity contribution is -0.234. The number of hydrogen-bond donors (Lipinski definition) is 0. The molecule has 8 heteroatoms. The van der Waals surface area contributed by atoms with Crippen molar-refractivity contribution >= 4 is 6.41 Å². The molecule has 3 heterocycles. The van der Waals surface area contributed by atoms with Gasteiger partial charge in [-0.3, -0.25) is 14.6 Å². The molecule has 1 unspecified atom stereocenters. The Kier molecular flexibility index (Phi) is 7.41. The largest absolute Gasteiger partial charge is 0.326 e. The number of pyridine rings is 1. The van der Waals surface area contributed by atoms with Gasteiger partial charge in [-0.1, -0.05) is 19.1 Å². The van der Waals surface area contributed by atoms with Gasteiger partial charge in [0, 0.05) is 43.4 Å². The number of carbonyl (C=O) groups is 1. The van der Waals surface area contributed by atoms with E-state index in [0.29, 0.717) is 6.42 Å². The van der Waals surface area contributed by atoms with Gasteiger partial charge in [0.2, 0.25) is 6.41 Å². The van der Waals surface area contributed by atoms with Crippen LogP contribution >= 0.6 is 0 Å². The van der Waals surface area contributed by atoms with Crippen LogP contribution in [0.1, 0.15) is 51.5 Å². The van der Waals surface area contributed by atoms with Crippen LogP contribution in [-0.2, 0) is 22.6 Å². The van der Waals surface area contributed by atoms with E-state index >= 15 is 0 Å². The first kappa shape index (κ1) is 24.3. The minimum atomic E-state index is -0.536. The van der Waals surface area contributed by atoms with E-state index in [0.717, 1.165) is 47.7 Å². The highest BCUT2D eigenvalue weighted by molar-refractivity contribution is 5.61. The van der Waals surface area contributed by atoms with Gasteiger partial charge in [0.05, 0.1) is 23.8 Å². The van der Waals surface area contributed by atoms with E-state index in [1.54, 1.807) is 24.9 Å². The summed E-state index contributed by atoms with van der Waals surface area (Å²) >= 11 is 0. The van der Waals surface area contributed by atoms with Gasteiger partial charge in [-0.25, -0.2) is 15.0 Å². The highest BCUT2D eigenvalue weighted by atomic mass is 16.7. The third-order valence-electron chi connectivity index (χ3n) is 5.57. The molecule has 1 amide bonds. The van der Waals surface area contributed by atoms with Crippen molar-refractivity contribution in [3.63, 3.8) is 0 Å². The lowest BCUT2D eigenvalue weighted by atomic mass is 10.1. The molecule has 0 radical (unpaired) electrons. The maximum Gasteiger partial charge on any atom is 0.234 e. The molecular weight excluding hydrogens is 440 g/mol. The molecule has 4 rings (SSSR count). The predicted octanol–water partition coefficient (Wildman–Crippen LogP) is 5.01. The van der Waals surface area contributed by atoms with E-state index in [1.807, 2.05) is 49.9 Å². The smallest absolute Gasteiger partial charge is 0.234 e. The molecule has 0 saturated carbocycles. The van der Waals surface area contributed by atoms with Crippen molar-refractivity contribution in [3.05, 3.63) is 85.1 Å². The molecule has 0 N–H and O–H groups in total. The van der Waals surface area contributed by atoms with Crippen molar-refractivity contribution < 1.29 is 9.63 Å². The minimum Gasteiger partial charge on any atom is -0.326 e.